The number of ether oxygens (including phenoxy) is 2. The molecule has 1 fully saturated rings. The molecule has 8 nitrogen and oxygen atoms in total. The van der Waals surface area contributed by atoms with E-state index in [9.17, 15) is 9.59 Å². The van der Waals surface area contributed by atoms with Crippen molar-refractivity contribution in [3.05, 3.63) is 47.8 Å². The number of nitrogens with zero attached hydrogens (tertiary/aromatic N) is 1. The molecule has 0 aliphatic carbocycles. The normalized spacial score (nSPS) is 20.3. The van der Waals surface area contributed by atoms with Crippen molar-refractivity contribution in [2.24, 2.45) is 0 Å². The summed E-state index contributed by atoms with van der Waals surface area (Å²) in [7, 11) is 0. The van der Waals surface area contributed by atoms with Gasteiger partial charge in [0.2, 0.25) is 0 Å². The van der Waals surface area contributed by atoms with Gasteiger partial charge in [0, 0.05) is 12.6 Å². The third kappa shape index (κ3) is 3.72. The summed E-state index contributed by atoms with van der Waals surface area (Å²) in [4.78, 5) is 23.0. The van der Waals surface area contributed by atoms with Crippen LogP contribution in [-0.4, -0.2) is 52.5 Å². The Morgan fingerprint density at radius 3 is 2.75 bits per heavy atom. The van der Waals surface area contributed by atoms with Crippen molar-refractivity contribution in [1.82, 2.24) is 15.5 Å². The Bertz CT molecular complexity index is 699. The first-order chi connectivity index (χ1) is 11.6. The van der Waals surface area contributed by atoms with Crippen LogP contribution in [0.1, 0.15) is 27.1 Å². The third-order valence-corrected chi connectivity index (χ3v) is 3.76. The number of hydrogen-bond acceptors (Lipinski definition) is 5. The number of benzene rings is 1. The van der Waals surface area contributed by atoms with Crippen molar-refractivity contribution in [2.75, 3.05) is 13.2 Å². The summed E-state index contributed by atoms with van der Waals surface area (Å²) in [6, 6.07) is 5.87. The van der Waals surface area contributed by atoms with Gasteiger partial charge in [0.25, 0.3) is 5.91 Å². The first-order valence-corrected chi connectivity index (χ1v) is 7.51. The minimum Gasteiger partial charge on any atom is -0.488 e. The molecule has 126 valence electrons. The highest BCUT2D eigenvalue weighted by Crippen LogP contribution is 2.19. The predicted molar refractivity (Wildman–Crippen MR) is 83.1 cm³/mol. The first-order valence-electron chi connectivity index (χ1n) is 7.51. The summed E-state index contributed by atoms with van der Waals surface area (Å²) in [6.45, 7) is 0.886. The molecule has 24 heavy (non-hydrogen) atoms. The zero-order chi connectivity index (χ0) is 16.9. The van der Waals surface area contributed by atoms with Crippen LogP contribution >= 0.6 is 0 Å². The molecule has 2 atom stereocenters. The number of hydrogen-bond donors (Lipinski definition) is 3. The van der Waals surface area contributed by atoms with Crippen molar-refractivity contribution in [3.63, 3.8) is 0 Å². The molecular weight excluding hydrogens is 314 g/mol. The van der Waals surface area contributed by atoms with E-state index < -0.39 is 5.97 Å². The Kier molecular flexibility index (Phi) is 4.76. The summed E-state index contributed by atoms with van der Waals surface area (Å²) < 4.78 is 11.3. The molecular formula is C16H17N3O5. The minimum atomic E-state index is -0.988. The van der Waals surface area contributed by atoms with Gasteiger partial charge in [-0.3, -0.25) is 9.89 Å². The molecule has 0 radical (unpaired) electrons. The van der Waals surface area contributed by atoms with Gasteiger partial charge in [0.15, 0.2) is 0 Å². The maximum absolute atomic E-state index is 12.1. The van der Waals surface area contributed by atoms with Crippen LogP contribution in [0.4, 0.5) is 0 Å². The lowest BCUT2D eigenvalue weighted by molar-refractivity contribution is -0.00288. The molecule has 1 amide bonds. The Morgan fingerprint density at radius 2 is 2.08 bits per heavy atom. The van der Waals surface area contributed by atoms with Crippen LogP contribution in [0, 0.1) is 0 Å². The van der Waals surface area contributed by atoms with E-state index in [2.05, 4.69) is 15.5 Å². The Morgan fingerprint density at radius 1 is 1.29 bits per heavy atom. The van der Waals surface area contributed by atoms with Gasteiger partial charge in [0.05, 0.1) is 36.6 Å². The van der Waals surface area contributed by atoms with Crippen molar-refractivity contribution in [3.8, 4) is 5.75 Å². The van der Waals surface area contributed by atoms with Gasteiger partial charge in [-0.15, -0.1) is 0 Å². The second kappa shape index (κ2) is 7.14. The molecule has 1 aromatic carbocycles. The van der Waals surface area contributed by atoms with Crippen LogP contribution in [-0.2, 0) is 4.74 Å². The fourth-order valence-electron chi connectivity index (χ4n) is 2.47. The average Bonchev–Trinajstić information content (AvgIpc) is 3.12. The number of carboxylic acid groups (broad SMARTS) is 1. The van der Waals surface area contributed by atoms with E-state index in [0.29, 0.717) is 30.9 Å². The molecule has 1 aliphatic rings. The third-order valence-electron chi connectivity index (χ3n) is 3.76. The van der Waals surface area contributed by atoms with Crippen molar-refractivity contribution >= 4 is 11.9 Å². The first kappa shape index (κ1) is 16.0. The van der Waals surface area contributed by atoms with Gasteiger partial charge < -0.3 is 19.9 Å². The second-order valence-electron chi connectivity index (χ2n) is 5.42. The van der Waals surface area contributed by atoms with E-state index in [4.69, 9.17) is 14.6 Å². The zero-order valence-electron chi connectivity index (χ0n) is 12.8. The van der Waals surface area contributed by atoms with E-state index in [-0.39, 0.29) is 23.6 Å². The SMILES string of the molecule is O=C(O)c1ccc(O[C@@H]2CCOC[C@H]2NC(=O)c2cn[nH]c2)cc1. The minimum absolute atomic E-state index is 0.194. The lowest BCUT2D eigenvalue weighted by atomic mass is 10.1. The van der Waals surface area contributed by atoms with Crippen LogP contribution in [0.25, 0.3) is 0 Å². The van der Waals surface area contributed by atoms with E-state index >= 15 is 0 Å². The fraction of sp³-hybridized carbons (Fsp3) is 0.312. The number of aromatic carboxylic acids is 1. The largest absolute Gasteiger partial charge is 0.488 e. The molecule has 1 aliphatic heterocycles. The van der Waals surface area contributed by atoms with Crippen LogP contribution in [0.5, 0.6) is 5.75 Å². The number of rotatable bonds is 5. The number of nitrogens with one attached hydrogen (secondary N) is 2. The lowest BCUT2D eigenvalue weighted by Gasteiger charge is -2.32. The lowest BCUT2D eigenvalue weighted by Crippen LogP contribution is -2.51. The molecule has 0 spiro atoms. The van der Waals surface area contributed by atoms with Gasteiger partial charge in [-0.25, -0.2) is 4.79 Å². The standard InChI is InChI=1S/C16H17N3O5/c20-15(11-7-17-18-8-11)19-13-9-23-6-5-14(13)24-12-3-1-10(2-4-12)16(21)22/h1-4,7-8,13-14H,5-6,9H2,(H,17,18)(H,19,20)(H,21,22)/t13-,14-/m1/s1. The van der Waals surface area contributed by atoms with Gasteiger partial charge >= 0.3 is 5.97 Å². The maximum Gasteiger partial charge on any atom is 0.335 e. The number of aromatic amines is 1. The number of carboxylic acids is 1. The number of carbonyl (C=O) groups excluding carboxylic acids is 1. The molecule has 1 saturated heterocycles. The van der Waals surface area contributed by atoms with Gasteiger partial charge in [-0.2, -0.15) is 5.10 Å². The highest BCUT2D eigenvalue weighted by Gasteiger charge is 2.29. The molecule has 8 heteroatoms. The molecule has 3 N–H and O–H groups in total. The zero-order valence-corrected chi connectivity index (χ0v) is 12.8. The predicted octanol–water partition coefficient (Wildman–Crippen LogP) is 1.07. The van der Waals surface area contributed by atoms with Crippen LogP contribution in [0.3, 0.4) is 0 Å². The quantitative estimate of drug-likeness (QED) is 0.755. The molecule has 1 aromatic heterocycles. The molecule has 0 unspecified atom stereocenters. The summed E-state index contributed by atoms with van der Waals surface area (Å²) in [5.74, 6) is -0.693. The summed E-state index contributed by atoms with van der Waals surface area (Å²) in [6.07, 6.45) is 3.32. The number of carbonyl (C=O) groups is 2. The van der Waals surface area contributed by atoms with Crippen LogP contribution < -0.4 is 10.1 Å². The van der Waals surface area contributed by atoms with Gasteiger partial charge in [-0.1, -0.05) is 0 Å². The van der Waals surface area contributed by atoms with E-state index in [1.165, 1.54) is 24.5 Å². The Hall–Kier alpha value is -2.87. The van der Waals surface area contributed by atoms with E-state index in [1.807, 2.05) is 0 Å². The van der Waals surface area contributed by atoms with E-state index in [1.54, 1.807) is 12.1 Å². The highest BCUT2D eigenvalue weighted by atomic mass is 16.5. The highest BCUT2D eigenvalue weighted by molar-refractivity contribution is 5.93. The van der Waals surface area contributed by atoms with E-state index in [0.717, 1.165) is 0 Å². The molecule has 0 saturated carbocycles. The average molecular weight is 331 g/mol. The summed E-state index contributed by atoms with van der Waals surface area (Å²) >= 11 is 0. The summed E-state index contributed by atoms with van der Waals surface area (Å²) in [5.41, 5.74) is 0.629. The number of amides is 1. The number of aromatic nitrogens is 2. The second-order valence-corrected chi connectivity index (χ2v) is 5.42. The van der Waals surface area contributed by atoms with Crippen LogP contribution in [0.15, 0.2) is 36.7 Å². The van der Waals surface area contributed by atoms with Gasteiger partial charge in [-0.05, 0) is 24.3 Å². The molecule has 0 bridgehead atoms. The molecule has 2 aromatic rings. The smallest absolute Gasteiger partial charge is 0.335 e. The van der Waals surface area contributed by atoms with Crippen molar-refractivity contribution < 1.29 is 24.2 Å². The Labute approximate surface area is 137 Å². The van der Waals surface area contributed by atoms with Gasteiger partial charge in [0.1, 0.15) is 11.9 Å². The molecule has 2 heterocycles. The maximum atomic E-state index is 12.1. The number of H-pyrrole nitrogens is 1. The fourth-order valence-corrected chi connectivity index (χ4v) is 2.47. The van der Waals surface area contributed by atoms with Crippen LogP contribution in [0.2, 0.25) is 0 Å². The Balaban J connectivity index is 1.65. The topological polar surface area (TPSA) is 114 Å². The molecule has 3 rings (SSSR count). The monoisotopic (exact) mass is 331 g/mol. The summed E-state index contributed by atoms with van der Waals surface area (Å²) in [5, 5.41) is 18.1. The van der Waals surface area contributed by atoms with Crippen molar-refractivity contribution in [1.29, 1.82) is 0 Å². The van der Waals surface area contributed by atoms with Crippen molar-refractivity contribution in [2.45, 2.75) is 18.6 Å².